The van der Waals surface area contributed by atoms with Crippen LogP contribution in [0.1, 0.15) is 32.1 Å². The Labute approximate surface area is 131 Å². The molecule has 2 rings (SSSR count). The molecule has 0 aromatic rings. The molecular weight excluding hydrogens is 308 g/mol. The lowest BCUT2D eigenvalue weighted by Gasteiger charge is -2.32. The summed E-state index contributed by atoms with van der Waals surface area (Å²) in [6, 6.07) is -0.845. The van der Waals surface area contributed by atoms with E-state index in [-0.39, 0.29) is 18.0 Å². The number of nitrogens with one attached hydrogen (secondary N) is 3. The van der Waals surface area contributed by atoms with Gasteiger partial charge < -0.3 is 15.5 Å². The number of nitrogens with zero attached hydrogens (tertiary/aromatic N) is 1. The Hall–Kier alpha value is -1.35. The Bertz CT molecular complexity index is 514. The van der Waals surface area contributed by atoms with Crippen molar-refractivity contribution >= 4 is 22.0 Å². The van der Waals surface area contributed by atoms with Gasteiger partial charge in [-0.15, -0.1) is 0 Å². The summed E-state index contributed by atoms with van der Waals surface area (Å²) in [6.07, 6.45) is 4.79. The van der Waals surface area contributed by atoms with E-state index in [0.29, 0.717) is 38.9 Å². The monoisotopic (exact) mass is 332 g/mol. The van der Waals surface area contributed by atoms with Crippen LogP contribution in [0.3, 0.4) is 0 Å². The molecule has 3 amide bonds. The molecule has 126 valence electrons. The molecule has 22 heavy (non-hydrogen) atoms. The normalized spacial score (nSPS) is 24.5. The van der Waals surface area contributed by atoms with E-state index in [2.05, 4.69) is 15.4 Å². The third kappa shape index (κ3) is 5.13. The molecule has 1 unspecified atom stereocenters. The highest BCUT2D eigenvalue weighted by atomic mass is 32.2. The summed E-state index contributed by atoms with van der Waals surface area (Å²) in [4.78, 5) is 25.7. The van der Waals surface area contributed by atoms with Gasteiger partial charge in [-0.25, -0.2) is 17.9 Å². The predicted molar refractivity (Wildman–Crippen MR) is 81.8 cm³/mol. The third-order valence-electron chi connectivity index (χ3n) is 4.00. The fourth-order valence-corrected chi connectivity index (χ4v) is 3.66. The number of likely N-dealkylation sites (tertiary alicyclic amines) is 1. The highest BCUT2D eigenvalue weighted by Gasteiger charge is 2.28. The quantitative estimate of drug-likeness (QED) is 0.640. The Morgan fingerprint density at radius 3 is 2.55 bits per heavy atom. The summed E-state index contributed by atoms with van der Waals surface area (Å²) < 4.78 is 25.0. The smallest absolute Gasteiger partial charge is 0.318 e. The van der Waals surface area contributed by atoms with Crippen LogP contribution in [0.4, 0.5) is 4.79 Å². The van der Waals surface area contributed by atoms with Crippen LogP contribution in [0.5, 0.6) is 0 Å². The second kappa shape index (κ2) is 7.28. The van der Waals surface area contributed by atoms with Crippen molar-refractivity contribution in [2.75, 3.05) is 25.9 Å². The van der Waals surface area contributed by atoms with Gasteiger partial charge in [0.25, 0.3) is 0 Å². The summed E-state index contributed by atoms with van der Waals surface area (Å²) in [6.45, 7) is 1.62. The summed E-state index contributed by atoms with van der Waals surface area (Å²) in [5, 5.41) is 5.56. The number of carbonyl (C=O) groups is 2. The van der Waals surface area contributed by atoms with Crippen LogP contribution in [0.25, 0.3) is 0 Å². The van der Waals surface area contributed by atoms with E-state index in [1.165, 1.54) is 0 Å². The molecule has 0 aliphatic carbocycles. The second-order valence-corrected chi connectivity index (χ2v) is 7.72. The zero-order valence-corrected chi connectivity index (χ0v) is 13.6. The van der Waals surface area contributed by atoms with Crippen molar-refractivity contribution in [3.63, 3.8) is 0 Å². The molecular formula is C13H24N4O4S. The largest absolute Gasteiger partial charge is 0.354 e. The summed E-state index contributed by atoms with van der Waals surface area (Å²) in [5.41, 5.74) is 0. The molecule has 2 heterocycles. The van der Waals surface area contributed by atoms with Crippen molar-refractivity contribution in [1.82, 2.24) is 20.3 Å². The Morgan fingerprint density at radius 2 is 1.91 bits per heavy atom. The SMILES string of the molecule is CS(=O)(=O)NC1CCN(C(=O)NC2CCCCNC2=O)CC1. The maximum Gasteiger partial charge on any atom is 0.318 e. The highest BCUT2D eigenvalue weighted by molar-refractivity contribution is 7.88. The minimum Gasteiger partial charge on any atom is -0.354 e. The first-order valence-corrected chi connectivity index (χ1v) is 9.55. The van der Waals surface area contributed by atoms with Gasteiger partial charge in [-0.1, -0.05) is 0 Å². The minimum atomic E-state index is -3.22. The summed E-state index contributed by atoms with van der Waals surface area (Å²) in [7, 11) is -3.22. The van der Waals surface area contributed by atoms with E-state index in [9.17, 15) is 18.0 Å². The van der Waals surface area contributed by atoms with Gasteiger partial charge >= 0.3 is 6.03 Å². The molecule has 9 heteroatoms. The maximum absolute atomic E-state index is 12.2. The fourth-order valence-electron chi connectivity index (χ4n) is 2.82. The first kappa shape index (κ1) is 17.0. The molecule has 0 aromatic heterocycles. The number of sulfonamides is 1. The Morgan fingerprint density at radius 1 is 1.23 bits per heavy atom. The van der Waals surface area contributed by atoms with Crippen molar-refractivity contribution in [1.29, 1.82) is 0 Å². The van der Waals surface area contributed by atoms with Crippen LogP contribution in [-0.2, 0) is 14.8 Å². The molecule has 2 fully saturated rings. The van der Waals surface area contributed by atoms with E-state index >= 15 is 0 Å². The number of rotatable bonds is 3. The molecule has 2 aliphatic heterocycles. The maximum atomic E-state index is 12.2. The van der Waals surface area contributed by atoms with E-state index in [1.807, 2.05) is 0 Å². The van der Waals surface area contributed by atoms with Crippen LogP contribution in [0, 0.1) is 0 Å². The first-order chi connectivity index (χ1) is 10.3. The lowest BCUT2D eigenvalue weighted by atomic mass is 10.1. The van der Waals surface area contributed by atoms with Crippen LogP contribution in [0.2, 0.25) is 0 Å². The lowest BCUT2D eigenvalue weighted by molar-refractivity contribution is -0.122. The van der Waals surface area contributed by atoms with Crippen LogP contribution >= 0.6 is 0 Å². The molecule has 0 saturated carbocycles. The highest BCUT2D eigenvalue weighted by Crippen LogP contribution is 2.12. The van der Waals surface area contributed by atoms with Crippen molar-refractivity contribution < 1.29 is 18.0 Å². The lowest BCUT2D eigenvalue weighted by Crippen LogP contribution is -2.53. The number of piperidine rings is 1. The first-order valence-electron chi connectivity index (χ1n) is 7.65. The van der Waals surface area contributed by atoms with E-state index in [4.69, 9.17) is 0 Å². The van der Waals surface area contributed by atoms with Crippen molar-refractivity contribution in [3.05, 3.63) is 0 Å². The molecule has 0 bridgehead atoms. The molecule has 0 aromatic carbocycles. The number of carbonyl (C=O) groups excluding carboxylic acids is 2. The number of hydrogen-bond donors (Lipinski definition) is 3. The minimum absolute atomic E-state index is 0.125. The zero-order chi connectivity index (χ0) is 16.2. The van der Waals surface area contributed by atoms with Gasteiger partial charge in [0.2, 0.25) is 15.9 Å². The van der Waals surface area contributed by atoms with Gasteiger partial charge in [0.05, 0.1) is 6.26 Å². The number of hydrogen-bond acceptors (Lipinski definition) is 4. The third-order valence-corrected chi connectivity index (χ3v) is 4.76. The van der Waals surface area contributed by atoms with Gasteiger partial charge in [-0.3, -0.25) is 4.79 Å². The van der Waals surface area contributed by atoms with Gasteiger partial charge in [0.15, 0.2) is 0 Å². The van der Waals surface area contributed by atoms with E-state index in [0.717, 1.165) is 19.1 Å². The Balaban J connectivity index is 1.80. The summed E-state index contributed by atoms with van der Waals surface area (Å²) >= 11 is 0. The average molecular weight is 332 g/mol. The standard InChI is InChI=1S/C13H24N4O4S/c1-22(20,21)16-10-5-8-17(9-6-10)13(19)15-11-4-2-3-7-14-12(11)18/h10-11,16H,2-9H2,1H3,(H,14,18)(H,15,19). The molecule has 3 N–H and O–H groups in total. The topological polar surface area (TPSA) is 108 Å². The fraction of sp³-hybridized carbons (Fsp3) is 0.846. The summed E-state index contributed by atoms with van der Waals surface area (Å²) in [5.74, 6) is -0.125. The van der Waals surface area contributed by atoms with Gasteiger partial charge in [-0.2, -0.15) is 0 Å². The van der Waals surface area contributed by atoms with Gasteiger partial charge in [0.1, 0.15) is 6.04 Å². The molecule has 2 aliphatic rings. The number of urea groups is 1. The number of amides is 3. The molecule has 0 spiro atoms. The van der Waals surface area contributed by atoms with Crippen molar-refractivity contribution in [2.24, 2.45) is 0 Å². The van der Waals surface area contributed by atoms with Gasteiger partial charge in [-0.05, 0) is 32.1 Å². The van der Waals surface area contributed by atoms with Crippen LogP contribution in [0.15, 0.2) is 0 Å². The van der Waals surface area contributed by atoms with Gasteiger partial charge in [0, 0.05) is 25.7 Å². The van der Waals surface area contributed by atoms with Crippen LogP contribution in [-0.4, -0.2) is 63.2 Å². The Kier molecular flexibility index (Phi) is 5.63. The van der Waals surface area contributed by atoms with E-state index in [1.54, 1.807) is 4.90 Å². The van der Waals surface area contributed by atoms with Crippen molar-refractivity contribution in [2.45, 2.75) is 44.2 Å². The second-order valence-electron chi connectivity index (χ2n) is 5.94. The van der Waals surface area contributed by atoms with E-state index < -0.39 is 16.1 Å². The predicted octanol–water partition coefficient (Wildman–Crippen LogP) is -0.622. The van der Waals surface area contributed by atoms with Crippen LogP contribution < -0.4 is 15.4 Å². The molecule has 1 atom stereocenters. The average Bonchev–Trinajstić information content (AvgIpc) is 2.63. The van der Waals surface area contributed by atoms with Crippen molar-refractivity contribution in [3.8, 4) is 0 Å². The zero-order valence-electron chi connectivity index (χ0n) is 12.8. The molecule has 0 radical (unpaired) electrons. The molecule has 8 nitrogen and oxygen atoms in total. The molecule has 2 saturated heterocycles.